The van der Waals surface area contributed by atoms with Crippen molar-refractivity contribution in [2.45, 2.75) is 18.2 Å². The Morgan fingerprint density at radius 1 is 1.19 bits per heavy atom. The number of carbonyl (C=O) groups is 3. The Balaban J connectivity index is 2.64. The normalized spacial score (nSPS) is 10.9. The van der Waals surface area contributed by atoms with E-state index in [4.69, 9.17) is 4.74 Å². The quantitative estimate of drug-likeness (QED) is 0.565. The molecule has 0 atom stereocenters. The molecule has 0 aromatic heterocycles. The molecule has 1 aromatic carbocycles. The Labute approximate surface area is 152 Å². The van der Waals surface area contributed by atoms with Crippen molar-refractivity contribution >= 4 is 27.8 Å². The number of sulfonamides is 1. The van der Waals surface area contributed by atoms with Crippen molar-refractivity contribution in [1.82, 2.24) is 14.9 Å². The van der Waals surface area contributed by atoms with Crippen LogP contribution in [0.4, 0.5) is 0 Å². The number of rotatable bonds is 9. The molecule has 26 heavy (non-hydrogen) atoms. The predicted octanol–water partition coefficient (Wildman–Crippen LogP) is -0.264. The van der Waals surface area contributed by atoms with Crippen LogP contribution < -0.4 is 10.0 Å². The minimum absolute atomic E-state index is 0.00143. The van der Waals surface area contributed by atoms with Crippen LogP contribution in [-0.4, -0.2) is 64.9 Å². The number of hydrogen-bond donors (Lipinski definition) is 2. The summed E-state index contributed by atoms with van der Waals surface area (Å²) in [4.78, 5) is 36.2. The van der Waals surface area contributed by atoms with E-state index in [1.165, 1.54) is 29.2 Å². The molecule has 0 aliphatic heterocycles. The zero-order valence-electron chi connectivity index (χ0n) is 14.9. The van der Waals surface area contributed by atoms with Crippen LogP contribution in [0.5, 0.6) is 0 Å². The summed E-state index contributed by atoms with van der Waals surface area (Å²) >= 11 is 0. The number of nitrogens with zero attached hydrogens (tertiary/aromatic N) is 1. The molecule has 10 heteroatoms. The van der Waals surface area contributed by atoms with Crippen molar-refractivity contribution in [3.8, 4) is 0 Å². The minimum atomic E-state index is -3.72. The van der Waals surface area contributed by atoms with E-state index < -0.39 is 28.5 Å². The Kier molecular flexibility index (Phi) is 8.20. The Morgan fingerprint density at radius 2 is 1.88 bits per heavy atom. The summed E-state index contributed by atoms with van der Waals surface area (Å²) in [7, 11) is -0.622. The number of nitrogens with one attached hydrogen (secondary N) is 2. The van der Waals surface area contributed by atoms with Gasteiger partial charge in [-0.1, -0.05) is 13.0 Å². The summed E-state index contributed by atoms with van der Waals surface area (Å²) < 4.78 is 31.4. The van der Waals surface area contributed by atoms with Crippen LogP contribution in [0, 0.1) is 0 Å². The fourth-order valence-electron chi connectivity index (χ4n) is 1.71. The van der Waals surface area contributed by atoms with Gasteiger partial charge in [0.05, 0.1) is 17.0 Å². The maximum atomic E-state index is 12.1. The number of likely N-dealkylation sites (N-methyl/N-ethyl adjacent to an activating group) is 1. The smallest absolute Gasteiger partial charge is 0.338 e. The summed E-state index contributed by atoms with van der Waals surface area (Å²) in [5.74, 6) is -1.78. The number of amides is 2. The van der Waals surface area contributed by atoms with Crippen LogP contribution in [0.2, 0.25) is 0 Å². The van der Waals surface area contributed by atoms with Crippen molar-refractivity contribution in [3.63, 3.8) is 0 Å². The Morgan fingerprint density at radius 3 is 2.50 bits per heavy atom. The number of benzene rings is 1. The lowest BCUT2D eigenvalue weighted by Crippen LogP contribution is -2.38. The van der Waals surface area contributed by atoms with E-state index in [2.05, 4.69) is 10.0 Å². The molecule has 0 radical (unpaired) electrons. The van der Waals surface area contributed by atoms with Crippen LogP contribution in [0.1, 0.15) is 23.7 Å². The fraction of sp³-hybridized carbons (Fsp3) is 0.438. The Hall–Kier alpha value is -2.46. The van der Waals surface area contributed by atoms with Crippen molar-refractivity contribution in [2.75, 3.05) is 33.8 Å². The molecule has 0 bridgehead atoms. The molecule has 2 amide bonds. The molecule has 0 saturated heterocycles. The van der Waals surface area contributed by atoms with E-state index >= 15 is 0 Å². The minimum Gasteiger partial charge on any atom is -0.452 e. The van der Waals surface area contributed by atoms with Crippen LogP contribution >= 0.6 is 0 Å². The molecule has 9 nitrogen and oxygen atoms in total. The number of esters is 1. The summed E-state index contributed by atoms with van der Waals surface area (Å²) in [6, 6.07) is 5.32. The van der Waals surface area contributed by atoms with Gasteiger partial charge in [0.25, 0.3) is 5.91 Å². The van der Waals surface area contributed by atoms with Crippen molar-refractivity contribution in [3.05, 3.63) is 29.8 Å². The second-order valence-electron chi connectivity index (χ2n) is 5.57. The molecule has 0 spiro atoms. The van der Waals surface area contributed by atoms with E-state index in [-0.39, 0.29) is 29.5 Å². The van der Waals surface area contributed by atoms with Crippen molar-refractivity contribution < 1.29 is 27.5 Å². The molecular weight excluding hydrogens is 362 g/mol. The van der Waals surface area contributed by atoms with E-state index in [1.807, 2.05) is 6.92 Å². The maximum absolute atomic E-state index is 12.1. The zero-order chi connectivity index (χ0) is 19.7. The van der Waals surface area contributed by atoms with Gasteiger partial charge in [-0.05, 0) is 24.6 Å². The molecule has 0 fully saturated rings. The Bertz CT molecular complexity index is 761. The largest absolute Gasteiger partial charge is 0.452 e. The van der Waals surface area contributed by atoms with Crippen molar-refractivity contribution in [2.24, 2.45) is 0 Å². The van der Waals surface area contributed by atoms with Crippen LogP contribution in [0.25, 0.3) is 0 Å². The van der Waals surface area contributed by atoms with E-state index in [0.717, 1.165) is 0 Å². The second kappa shape index (κ2) is 9.88. The van der Waals surface area contributed by atoms with Gasteiger partial charge in [-0.15, -0.1) is 0 Å². The molecular formula is C16H23N3O6S. The zero-order valence-corrected chi connectivity index (χ0v) is 15.8. The first kappa shape index (κ1) is 21.6. The summed E-state index contributed by atoms with van der Waals surface area (Å²) in [6.07, 6.45) is 0.631. The van der Waals surface area contributed by atoms with E-state index in [0.29, 0.717) is 6.42 Å². The lowest BCUT2D eigenvalue weighted by molar-refractivity contribution is -0.131. The van der Waals surface area contributed by atoms with Gasteiger partial charge in [-0.3, -0.25) is 9.59 Å². The first-order valence-corrected chi connectivity index (χ1v) is 9.39. The first-order valence-electron chi connectivity index (χ1n) is 7.91. The molecule has 2 N–H and O–H groups in total. The topological polar surface area (TPSA) is 122 Å². The molecule has 0 heterocycles. The van der Waals surface area contributed by atoms with Gasteiger partial charge in [0.2, 0.25) is 15.9 Å². The molecule has 0 unspecified atom stereocenters. The maximum Gasteiger partial charge on any atom is 0.338 e. The predicted molar refractivity (Wildman–Crippen MR) is 93.9 cm³/mol. The first-order chi connectivity index (χ1) is 12.2. The highest BCUT2D eigenvalue weighted by atomic mass is 32.2. The third-order valence-electron chi connectivity index (χ3n) is 3.19. The van der Waals surface area contributed by atoms with Gasteiger partial charge in [-0.25, -0.2) is 17.9 Å². The third-order valence-corrected chi connectivity index (χ3v) is 4.65. The van der Waals surface area contributed by atoms with E-state index in [9.17, 15) is 22.8 Å². The highest BCUT2D eigenvalue weighted by Crippen LogP contribution is 2.12. The summed E-state index contributed by atoms with van der Waals surface area (Å²) in [5, 5.41) is 2.32. The lowest BCUT2D eigenvalue weighted by Gasteiger charge is -2.11. The molecule has 0 aliphatic rings. The molecule has 0 aliphatic carbocycles. The average molecular weight is 385 g/mol. The van der Waals surface area contributed by atoms with Gasteiger partial charge in [0.1, 0.15) is 0 Å². The summed E-state index contributed by atoms with van der Waals surface area (Å²) in [5.41, 5.74) is 0.00143. The average Bonchev–Trinajstić information content (AvgIpc) is 2.62. The van der Waals surface area contributed by atoms with E-state index in [1.54, 1.807) is 14.1 Å². The monoisotopic (exact) mass is 385 g/mol. The highest BCUT2D eigenvalue weighted by molar-refractivity contribution is 7.89. The van der Waals surface area contributed by atoms with Gasteiger partial charge in [0.15, 0.2) is 6.61 Å². The van der Waals surface area contributed by atoms with Gasteiger partial charge in [-0.2, -0.15) is 0 Å². The van der Waals surface area contributed by atoms with Crippen LogP contribution in [-0.2, 0) is 24.3 Å². The van der Waals surface area contributed by atoms with Crippen LogP contribution in [0.3, 0.4) is 0 Å². The number of ether oxygens (including phenoxy) is 1. The molecule has 1 aromatic rings. The standard InChI is InChI=1S/C16H23N3O6S/c1-4-8-18-26(23,24)13-7-5-6-12(9-13)16(22)25-11-14(20)17-10-15(21)19(2)3/h5-7,9,18H,4,8,10-11H2,1-3H3,(H,17,20). The van der Waals surface area contributed by atoms with Crippen molar-refractivity contribution in [1.29, 1.82) is 0 Å². The molecule has 144 valence electrons. The van der Waals surface area contributed by atoms with Gasteiger partial charge in [0, 0.05) is 20.6 Å². The highest BCUT2D eigenvalue weighted by Gasteiger charge is 2.17. The second-order valence-corrected chi connectivity index (χ2v) is 7.33. The third kappa shape index (κ3) is 6.81. The lowest BCUT2D eigenvalue weighted by atomic mass is 10.2. The molecule has 1 rings (SSSR count). The fourth-order valence-corrected chi connectivity index (χ4v) is 2.89. The van der Waals surface area contributed by atoms with Crippen LogP contribution in [0.15, 0.2) is 29.2 Å². The summed E-state index contributed by atoms with van der Waals surface area (Å²) in [6.45, 7) is 1.32. The number of carbonyl (C=O) groups excluding carboxylic acids is 3. The SMILES string of the molecule is CCCNS(=O)(=O)c1cccc(C(=O)OCC(=O)NCC(=O)N(C)C)c1. The molecule has 0 saturated carbocycles. The van der Waals surface area contributed by atoms with Gasteiger partial charge >= 0.3 is 5.97 Å². The van der Waals surface area contributed by atoms with Gasteiger partial charge < -0.3 is 15.0 Å². The number of hydrogen-bond acceptors (Lipinski definition) is 6.